The third-order valence-electron chi connectivity index (χ3n) is 15.8. The van der Waals surface area contributed by atoms with Crippen molar-refractivity contribution >= 4 is 42.5 Å². The van der Waals surface area contributed by atoms with Gasteiger partial charge in [0.15, 0.2) is 0 Å². The molecule has 0 bridgehead atoms. The molecular formula is C77H150N8O13. The summed E-state index contributed by atoms with van der Waals surface area (Å²) in [4.78, 5) is 100. The second-order valence-electron chi connectivity index (χ2n) is 33.1. The molecule has 0 atom stereocenters. The van der Waals surface area contributed by atoms with Gasteiger partial charge < -0.3 is 69.7 Å². The zero-order valence-electron chi connectivity index (χ0n) is 66.1. The maximum Gasteiger partial charge on any atom is 0.410 e. The molecule has 0 unspecified atom stereocenters. The highest BCUT2D eigenvalue weighted by molar-refractivity contribution is 5.75. The normalized spacial score (nSPS) is 12.2. The summed E-state index contributed by atoms with van der Waals surface area (Å²) in [6.07, 6.45) is 32.0. The molecule has 0 rings (SSSR count). The van der Waals surface area contributed by atoms with Gasteiger partial charge in [0.1, 0.15) is 33.6 Å². The van der Waals surface area contributed by atoms with Gasteiger partial charge in [-0.2, -0.15) is 0 Å². The van der Waals surface area contributed by atoms with Crippen LogP contribution in [0.5, 0.6) is 0 Å². The van der Waals surface area contributed by atoms with E-state index in [1.54, 1.807) is 61.1 Å². The van der Waals surface area contributed by atoms with E-state index in [1.807, 2.05) is 83.1 Å². The van der Waals surface area contributed by atoms with E-state index in [0.29, 0.717) is 110 Å². The second-order valence-corrected chi connectivity index (χ2v) is 33.1. The van der Waals surface area contributed by atoms with Gasteiger partial charge in [0, 0.05) is 78.4 Å². The smallest absolute Gasteiger partial charge is 0.410 e. The fraction of sp³-hybridized carbons (Fsp3) is 0.909. The molecule has 0 aliphatic carbocycles. The quantitative estimate of drug-likeness (QED) is 0.0327. The Bertz CT molecular complexity index is 2020. The third kappa shape index (κ3) is 59.9. The zero-order chi connectivity index (χ0) is 74.1. The molecule has 98 heavy (non-hydrogen) atoms. The number of nitrogens with two attached hydrogens (primary N) is 1. The summed E-state index contributed by atoms with van der Waals surface area (Å²) in [5, 5.41) is 8.68. The van der Waals surface area contributed by atoms with E-state index < -0.39 is 70.2 Å². The van der Waals surface area contributed by atoms with E-state index in [-0.39, 0.29) is 24.9 Å². The minimum absolute atomic E-state index is 0.106. The maximum absolute atomic E-state index is 14.3. The highest BCUT2D eigenvalue weighted by Crippen LogP contribution is 2.23. The van der Waals surface area contributed by atoms with Crippen LogP contribution in [0.3, 0.4) is 0 Å². The van der Waals surface area contributed by atoms with Crippen molar-refractivity contribution in [3.8, 4) is 0 Å². The van der Waals surface area contributed by atoms with Gasteiger partial charge in [-0.15, -0.1) is 0 Å². The van der Waals surface area contributed by atoms with Crippen molar-refractivity contribution in [2.75, 3.05) is 78.5 Å². The topological polar surface area (TPSA) is 250 Å². The van der Waals surface area contributed by atoms with Gasteiger partial charge >= 0.3 is 36.6 Å². The fourth-order valence-electron chi connectivity index (χ4n) is 11.0. The van der Waals surface area contributed by atoms with E-state index in [2.05, 4.69) is 16.0 Å². The van der Waals surface area contributed by atoms with Gasteiger partial charge in [0.05, 0.1) is 0 Å². The van der Waals surface area contributed by atoms with Crippen molar-refractivity contribution < 1.29 is 62.0 Å². The van der Waals surface area contributed by atoms with Crippen LogP contribution in [0.15, 0.2) is 0 Å². The molecule has 0 aliphatic heterocycles. The highest BCUT2D eigenvalue weighted by atomic mass is 16.6. The molecule has 21 nitrogen and oxygen atoms in total. The summed E-state index contributed by atoms with van der Waals surface area (Å²) in [7, 11) is 0. The number of nitrogens with zero attached hydrogens (tertiary/aromatic N) is 4. The Balaban J connectivity index is 6.04. The lowest BCUT2D eigenvalue weighted by Crippen LogP contribution is -2.45. The van der Waals surface area contributed by atoms with Crippen molar-refractivity contribution in [2.45, 2.75) is 370 Å². The first kappa shape index (κ1) is 93.0. The minimum Gasteiger partial charge on any atom is -0.444 e. The number of hydrogen-bond donors (Lipinski definition) is 4. The summed E-state index contributed by atoms with van der Waals surface area (Å²) in [6, 6.07) is 0. The Kier molecular flexibility index (Phi) is 49.4. The number of amides is 7. The molecule has 5 N–H and O–H groups in total. The van der Waals surface area contributed by atoms with Crippen LogP contribution in [-0.4, -0.2) is 174 Å². The second kappa shape index (κ2) is 52.1. The number of alkyl carbamates (subject to hydrolysis) is 2. The average molecular weight is 1400 g/mol. The Morgan fingerprint density at radius 2 is 0.531 bits per heavy atom. The van der Waals surface area contributed by atoms with Crippen molar-refractivity contribution in [3.05, 3.63) is 0 Å². The van der Waals surface area contributed by atoms with E-state index in [4.69, 9.17) is 34.2 Å². The average Bonchev–Trinajstić information content (AvgIpc) is 0.890. The predicted octanol–water partition coefficient (Wildman–Crippen LogP) is 18.5. The summed E-state index contributed by atoms with van der Waals surface area (Å²) in [5.74, 6) is -0.104. The Labute approximate surface area is 597 Å². The summed E-state index contributed by atoms with van der Waals surface area (Å²) in [5.41, 5.74) is 1.23. The van der Waals surface area contributed by atoms with Crippen LogP contribution in [0, 0.1) is 5.92 Å². The first-order valence-electron chi connectivity index (χ1n) is 38.6. The molecule has 0 aromatic carbocycles. The van der Waals surface area contributed by atoms with Gasteiger partial charge in [-0.25, -0.2) is 28.8 Å². The van der Waals surface area contributed by atoms with Crippen LogP contribution < -0.4 is 21.7 Å². The lowest BCUT2D eigenvalue weighted by Gasteiger charge is -2.34. The van der Waals surface area contributed by atoms with Gasteiger partial charge in [0.25, 0.3) is 0 Å². The molecule has 7 amide bonds. The van der Waals surface area contributed by atoms with Gasteiger partial charge in [-0.1, -0.05) is 141 Å². The molecule has 0 aromatic heterocycles. The number of nitrogens with one attached hydrogen (secondary N) is 3. The molecular weight excluding hydrogens is 1240 g/mol. The first-order valence-corrected chi connectivity index (χ1v) is 38.6. The van der Waals surface area contributed by atoms with Gasteiger partial charge in [0.2, 0.25) is 5.91 Å². The SMILES string of the molecule is CC(C)(C)OC(=O)NCCCN(CCCCN(CC(CCCCCCNC(=O)CCCCCCCCCCCCCCCCCCCCCCCN)CN(CCCCN(CCCNC(=O)OC(C)(C)C)C(=O)OC(C)(C)C)C(=O)OC(C)(C)C)C(=O)OC(C)(C)C)C(=O)OC(C)(C)C. The van der Waals surface area contributed by atoms with Gasteiger partial charge in [-0.3, -0.25) is 4.79 Å². The van der Waals surface area contributed by atoms with Crippen molar-refractivity contribution in [1.82, 2.24) is 35.6 Å². The monoisotopic (exact) mass is 1400 g/mol. The molecule has 0 spiro atoms. The molecule has 576 valence electrons. The molecule has 0 heterocycles. The van der Waals surface area contributed by atoms with E-state index >= 15 is 0 Å². The molecule has 0 radical (unpaired) electrons. The van der Waals surface area contributed by atoms with Crippen LogP contribution >= 0.6 is 0 Å². The van der Waals surface area contributed by atoms with Crippen LogP contribution in [0.1, 0.15) is 337 Å². The number of unbranched alkanes of at least 4 members (excludes halogenated alkanes) is 25. The van der Waals surface area contributed by atoms with Crippen LogP contribution in [0.4, 0.5) is 28.8 Å². The molecule has 21 heteroatoms. The number of carbonyl (C=O) groups is 7. The van der Waals surface area contributed by atoms with E-state index in [0.717, 1.165) is 45.1 Å². The largest absolute Gasteiger partial charge is 0.444 e. The molecule has 0 aliphatic rings. The van der Waals surface area contributed by atoms with Crippen molar-refractivity contribution in [3.63, 3.8) is 0 Å². The summed E-state index contributed by atoms with van der Waals surface area (Å²) >= 11 is 0. The number of hydrogen-bond acceptors (Lipinski definition) is 14. The third-order valence-corrected chi connectivity index (χ3v) is 15.8. The standard InChI is InChI=1S/C77H150N8O13/c1-72(2,3)93-66(87)80-54-48-60-82(68(89)95-74(7,8)9)56-44-46-58-84(70(91)97-76(13,14)15)62-64(63-85(71(92)98-77(16,17)18)59-47-45-57-83(69(90)96-75(10,11)12)61-49-55-81-67(88)94-73(4,5)6)50-40-37-39-43-53-79-65(86)51-41-36-34-32-30-28-26-24-22-20-19-21-23-25-27-29-31-33-35-38-42-52-78/h64H,19-63,78H2,1-18H3,(H,79,86)(H,80,87)(H,81,88). The lowest BCUT2D eigenvalue weighted by atomic mass is 9.98. The van der Waals surface area contributed by atoms with E-state index in [9.17, 15) is 33.6 Å². The molecule has 0 saturated heterocycles. The number of ether oxygens (including phenoxy) is 6. The van der Waals surface area contributed by atoms with Gasteiger partial charge in [-0.05, 0) is 201 Å². The van der Waals surface area contributed by atoms with E-state index in [1.165, 1.54) is 122 Å². The molecule has 0 aromatic rings. The Morgan fingerprint density at radius 3 is 0.837 bits per heavy atom. The van der Waals surface area contributed by atoms with Crippen molar-refractivity contribution in [2.24, 2.45) is 11.7 Å². The summed E-state index contributed by atoms with van der Waals surface area (Å²) < 4.78 is 34.5. The van der Waals surface area contributed by atoms with Crippen LogP contribution in [0.25, 0.3) is 0 Å². The van der Waals surface area contributed by atoms with Crippen LogP contribution in [0.2, 0.25) is 0 Å². The fourth-order valence-corrected chi connectivity index (χ4v) is 11.0. The number of carbonyl (C=O) groups excluding carboxylic acids is 7. The zero-order valence-corrected chi connectivity index (χ0v) is 66.1. The summed E-state index contributed by atoms with van der Waals surface area (Å²) in [6.45, 7) is 37.2. The Hall–Kier alpha value is -4.95. The lowest BCUT2D eigenvalue weighted by molar-refractivity contribution is -0.121. The highest BCUT2D eigenvalue weighted by Gasteiger charge is 2.31. The molecule has 0 saturated carbocycles. The molecule has 0 fully saturated rings. The maximum atomic E-state index is 14.3. The van der Waals surface area contributed by atoms with Crippen LogP contribution in [-0.2, 0) is 33.2 Å². The minimum atomic E-state index is -0.797. The number of rotatable bonds is 52. The Morgan fingerprint density at radius 1 is 0.286 bits per heavy atom. The first-order chi connectivity index (χ1) is 45.8. The van der Waals surface area contributed by atoms with Crippen molar-refractivity contribution in [1.29, 1.82) is 0 Å². The predicted molar refractivity (Wildman–Crippen MR) is 398 cm³/mol.